The van der Waals surface area contributed by atoms with Crippen LogP contribution in [0.25, 0.3) is 0 Å². The first-order valence-electron chi connectivity index (χ1n) is 3.75. The second-order valence-electron chi connectivity index (χ2n) is 2.89. The largest absolute Gasteiger partial charge is 0.481 e. The average Bonchev–Trinajstić information content (AvgIpc) is 2.35. The maximum atomic E-state index is 10.2. The smallest absolute Gasteiger partial charge is 0.304 e. The van der Waals surface area contributed by atoms with E-state index in [4.69, 9.17) is 15.6 Å². The summed E-state index contributed by atoms with van der Waals surface area (Å²) in [4.78, 5) is 10.2. The molecule has 0 unspecified atom stereocenters. The first kappa shape index (κ1) is 8.49. The number of hydrogen-bond acceptors (Lipinski definition) is 3. The molecule has 11 heavy (non-hydrogen) atoms. The number of nitrogens with two attached hydrogens (primary N) is 1. The van der Waals surface area contributed by atoms with E-state index in [0.29, 0.717) is 6.61 Å². The Kier molecular flexibility index (Phi) is 2.84. The summed E-state index contributed by atoms with van der Waals surface area (Å²) in [5.74, 6) is -0.587. The van der Waals surface area contributed by atoms with Gasteiger partial charge in [-0.15, -0.1) is 0 Å². The predicted molar refractivity (Wildman–Crippen MR) is 39.2 cm³/mol. The fourth-order valence-electron chi connectivity index (χ4n) is 1.26. The summed E-state index contributed by atoms with van der Waals surface area (Å²) in [5.41, 5.74) is 5.62. The standard InChI is InChI=1S/C7H13NO3/c8-6(3-7(9)10)5-1-2-11-4-5/h5-6H,1-4,8H2,(H,9,10)/t5-,6+/m0/s1. The lowest BCUT2D eigenvalue weighted by atomic mass is 9.97. The van der Waals surface area contributed by atoms with E-state index >= 15 is 0 Å². The van der Waals surface area contributed by atoms with Crippen molar-refractivity contribution >= 4 is 5.97 Å². The number of hydrogen-bond donors (Lipinski definition) is 2. The maximum Gasteiger partial charge on any atom is 0.304 e. The number of aliphatic carboxylic acids is 1. The second kappa shape index (κ2) is 3.69. The van der Waals surface area contributed by atoms with Gasteiger partial charge in [-0.1, -0.05) is 0 Å². The van der Waals surface area contributed by atoms with Gasteiger partial charge >= 0.3 is 5.97 Å². The van der Waals surface area contributed by atoms with Gasteiger partial charge in [0.05, 0.1) is 13.0 Å². The van der Waals surface area contributed by atoms with E-state index in [-0.39, 0.29) is 18.4 Å². The van der Waals surface area contributed by atoms with Crippen molar-refractivity contribution in [2.75, 3.05) is 13.2 Å². The molecule has 1 heterocycles. The summed E-state index contributed by atoms with van der Waals surface area (Å²) in [6, 6.07) is -0.241. The van der Waals surface area contributed by atoms with Crippen LogP contribution in [0.1, 0.15) is 12.8 Å². The summed E-state index contributed by atoms with van der Waals surface area (Å²) in [5, 5.41) is 8.42. The molecule has 0 aromatic heterocycles. The molecule has 1 aliphatic heterocycles. The van der Waals surface area contributed by atoms with E-state index in [1.54, 1.807) is 0 Å². The van der Waals surface area contributed by atoms with Crippen LogP contribution in [0.15, 0.2) is 0 Å². The third-order valence-corrected chi connectivity index (χ3v) is 1.98. The van der Waals surface area contributed by atoms with Crippen LogP contribution in [-0.2, 0) is 9.53 Å². The molecular formula is C7H13NO3. The summed E-state index contributed by atoms with van der Waals surface area (Å²) in [7, 11) is 0. The molecule has 0 aromatic carbocycles. The fraction of sp³-hybridized carbons (Fsp3) is 0.857. The van der Waals surface area contributed by atoms with E-state index < -0.39 is 5.97 Å². The lowest BCUT2D eigenvalue weighted by molar-refractivity contribution is -0.137. The molecular weight excluding hydrogens is 146 g/mol. The van der Waals surface area contributed by atoms with Crippen molar-refractivity contribution < 1.29 is 14.6 Å². The molecule has 0 saturated carbocycles. The van der Waals surface area contributed by atoms with Gasteiger partial charge in [0.2, 0.25) is 0 Å². The Bertz CT molecular complexity index is 143. The highest BCUT2D eigenvalue weighted by molar-refractivity contribution is 5.67. The monoisotopic (exact) mass is 159 g/mol. The molecule has 4 heteroatoms. The molecule has 1 saturated heterocycles. The van der Waals surface area contributed by atoms with Crippen LogP contribution in [0.3, 0.4) is 0 Å². The molecule has 2 atom stereocenters. The first-order chi connectivity index (χ1) is 5.20. The van der Waals surface area contributed by atoms with Crippen LogP contribution in [0.4, 0.5) is 0 Å². The summed E-state index contributed by atoms with van der Waals surface area (Å²) < 4.78 is 5.09. The van der Waals surface area contributed by atoms with Crippen LogP contribution in [0.5, 0.6) is 0 Å². The van der Waals surface area contributed by atoms with Crippen LogP contribution in [0, 0.1) is 5.92 Å². The number of carbonyl (C=O) groups is 1. The highest BCUT2D eigenvalue weighted by Crippen LogP contribution is 2.16. The average molecular weight is 159 g/mol. The zero-order valence-corrected chi connectivity index (χ0v) is 6.32. The van der Waals surface area contributed by atoms with Gasteiger partial charge in [0.15, 0.2) is 0 Å². The van der Waals surface area contributed by atoms with Gasteiger partial charge in [-0.25, -0.2) is 0 Å². The van der Waals surface area contributed by atoms with Gasteiger partial charge in [-0.05, 0) is 6.42 Å². The normalized spacial score (nSPS) is 26.8. The van der Waals surface area contributed by atoms with E-state index in [1.807, 2.05) is 0 Å². The van der Waals surface area contributed by atoms with Crippen LogP contribution >= 0.6 is 0 Å². The Labute approximate surface area is 65.3 Å². The fourth-order valence-corrected chi connectivity index (χ4v) is 1.26. The lowest BCUT2D eigenvalue weighted by Gasteiger charge is -2.14. The van der Waals surface area contributed by atoms with Crippen molar-refractivity contribution in [2.24, 2.45) is 11.7 Å². The zero-order valence-electron chi connectivity index (χ0n) is 6.32. The second-order valence-corrected chi connectivity index (χ2v) is 2.89. The Morgan fingerprint density at radius 2 is 2.55 bits per heavy atom. The van der Waals surface area contributed by atoms with E-state index in [1.165, 1.54) is 0 Å². The molecule has 0 aliphatic carbocycles. The molecule has 1 fully saturated rings. The Morgan fingerprint density at radius 3 is 3.00 bits per heavy atom. The minimum Gasteiger partial charge on any atom is -0.481 e. The minimum atomic E-state index is -0.829. The third-order valence-electron chi connectivity index (χ3n) is 1.98. The quantitative estimate of drug-likeness (QED) is 0.599. The van der Waals surface area contributed by atoms with Gasteiger partial charge in [0, 0.05) is 18.6 Å². The Balaban J connectivity index is 2.28. The molecule has 0 aromatic rings. The molecule has 0 spiro atoms. The molecule has 4 nitrogen and oxygen atoms in total. The van der Waals surface area contributed by atoms with Crippen LogP contribution < -0.4 is 5.73 Å². The molecule has 64 valence electrons. The molecule has 0 radical (unpaired) electrons. The molecule has 0 amide bonds. The highest BCUT2D eigenvalue weighted by Gasteiger charge is 2.24. The number of ether oxygens (including phenoxy) is 1. The van der Waals surface area contributed by atoms with Gasteiger partial charge in [0.1, 0.15) is 0 Å². The molecule has 0 bridgehead atoms. The van der Waals surface area contributed by atoms with Crippen molar-refractivity contribution in [3.63, 3.8) is 0 Å². The Hall–Kier alpha value is -0.610. The first-order valence-corrected chi connectivity index (χ1v) is 3.75. The van der Waals surface area contributed by atoms with Crippen molar-refractivity contribution in [3.05, 3.63) is 0 Å². The van der Waals surface area contributed by atoms with Gasteiger partial charge < -0.3 is 15.6 Å². The zero-order chi connectivity index (χ0) is 8.27. The molecule has 1 aliphatic rings. The topological polar surface area (TPSA) is 72.6 Å². The van der Waals surface area contributed by atoms with Crippen LogP contribution in [0.2, 0.25) is 0 Å². The summed E-state index contributed by atoms with van der Waals surface area (Å²) in [6.45, 7) is 1.34. The number of carboxylic acid groups (broad SMARTS) is 1. The SMILES string of the molecule is N[C@H](CC(=O)O)[C@H]1CCOC1. The van der Waals surface area contributed by atoms with Gasteiger partial charge in [-0.3, -0.25) is 4.79 Å². The van der Waals surface area contributed by atoms with Crippen LogP contribution in [-0.4, -0.2) is 30.3 Å². The number of rotatable bonds is 3. The molecule has 1 rings (SSSR count). The van der Waals surface area contributed by atoms with Crippen molar-refractivity contribution in [1.29, 1.82) is 0 Å². The van der Waals surface area contributed by atoms with E-state index in [0.717, 1.165) is 13.0 Å². The maximum absolute atomic E-state index is 10.2. The summed E-state index contributed by atoms with van der Waals surface area (Å²) >= 11 is 0. The number of carboxylic acids is 1. The lowest BCUT2D eigenvalue weighted by Crippen LogP contribution is -2.32. The van der Waals surface area contributed by atoms with Crippen molar-refractivity contribution in [1.82, 2.24) is 0 Å². The highest BCUT2D eigenvalue weighted by atomic mass is 16.5. The van der Waals surface area contributed by atoms with E-state index in [2.05, 4.69) is 0 Å². The van der Waals surface area contributed by atoms with Gasteiger partial charge in [-0.2, -0.15) is 0 Å². The minimum absolute atomic E-state index is 0.0496. The predicted octanol–water partition coefficient (Wildman–Crippen LogP) is -0.175. The van der Waals surface area contributed by atoms with E-state index in [9.17, 15) is 4.79 Å². The Morgan fingerprint density at radius 1 is 1.82 bits per heavy atom. The third kappa shape index (κ3) is 2.48. The van der Waals surface area contributed by atoms with Crippen molar-refractivity contribution in [2.45, 2.75) is 18.9 Å². The van der Waals surface area contributed by atoms with Gasteiger partial charge in [0.25, 0.3) is 0 Å². The summed E-state index contributed by atoms with van der Waals surface area (Å²) in [6.07, 6.45) is 0.947. The van der Waals surface area contributed by atoms with Crippen molar-refractivity contribution in [3.8, 4) is 0 Å². The molecule has 3 N–H and O–H groups in total.